The SMILES string of the molecule is C=CC[C@@]1(CO)CCCN(C(=O)CCN2CCN(C)CC2)C1. The molecule has 2 aliphatic heterocycles. The van der Waals surface area contributed by atoms with Gasteiger partial charge in [0.2, 0.25) is 5.91 Å². The van der Waals surface area contributed by atoms with Gasteiger partial charge in [-0.3, -0.25) is 4.79 Å². The van der Waals surface area contributed by atoms with Crippen molar-refractivity contribution in [2.45, 2.75) is 25.7 Å². The maximum absolute atomic E-state index is 12.5. The number of rotatable bonds is 6. The largest absolute Gasteiger partial charge is 0.396 e. The Morgan fingerprint density at radius 1 is 1.27 bits per heavy atom. The van der Waals surface area contributed by atoms with Crippen molar-refractivity contribution in [1.29, 1.82) is 0 Å². The number of amides is 1. The molecule has 126 valence electrons. The van der Waals surface area contributed by atoms with E-state index < -0.39 is 0 Å². The molecular weight excluding hydrogens is 278 g/mol. The van der Waals surface area contributed by atoms with Crippen molar-refractivity contribution in [3.8, 4) is 0 Å². The summed E-state index contributed by atoms with van der Waals surface area (Å²) in [5.74, 6) is 0.237. The van der Waals surface area contributed by atoms with Gasteiger partial charge in [-0.2, -0.15) is 0 Å². The average Bonchev–Trinajstić information content (AvgIpc) is 2.54. The van der Waals surface area contributed by atoms with Crippen molar-refractivity contribution >= 4 is 5.91 Å². The van der Waals surface area contributed by atoms with Crippen LogP contribution in [0.4, 0.5) is 0 Å². The molecule has 0 aromatic heterocycles. The molecule has 2 fully saturated rings. The number of likely N-dealkylation sites (N-methyl/N-ethyl adjacent to an activating group) is 1. The Morgan fingerprint density at radius 2 is 2.00 bits per heavy atom. The van der Waals surface area contributed by atoms with E-state index in [9.17, 15) is 9.90 Å². The number of nitrogens with zero attached hydrogens (tertiary/aromatic N) is 3. The lowest BCUT2D eigenvalue weighted by atomic mass is 9.78. The lowest BCUT2D eigenvalue weighted by Gasteiger charge is -2.41. The van der Waals surface area contributed by atoms with Gasteiger partial charge in [-0.1, -0.05) is 6.08 Å². The fourth-order valence-corrected chi connectivity index (χ4v) is 3.57. The Morgan fingerprint density at radius 3 is 2.64 bits per heavy atom. The van der Waals surface area contributed by atoms with E-state index in [-0.39, 0.29) is 17.9 Å². The number of carbonyl (C=O) groups excluding carboxylic acids is 1. The van der Waals surface area contributed by atoms with Crippen LogP contribution in [-0.2, 0) is 4.79 Å². The molecule has 2 rings (SSSR count). The van der Waals surface area contributed by atoms with Crippen molar-refractivity contribution < 1.29 is 9.90 Å². The highest BCUT2D eigenvalue weighted by Gasteiger charge is 2.35. The van der Waals surface area contributed by atoms with Gasteiger partial charge in [-0.15, -0.1) is 6.58 Å². The molecule has 0 aromatic rings. The molecule has 0 aromatic carbocycles. The highest BCUT2D eigenvalue weighted by atomic mass is 16.3. The maximum Gasteiger partial charge on any atom is 0.223 e. The number of hydrogen-bond acceptors (Lipinski definition) is 4. The maximum atomic E-state index is 12.5. The molecule has 2 aliphatic rings. The Labute approximate surface area is 134 Å². The second-order valence-corrected chi connectivity index (χ2v) is 6.96. The minimum absolute atomic E-state index is 0.140. The molecule has 5 nitrogen and oxygen atoms in total. The second-order valence-electron chi connectivity index (χ2n) is 6.96. The fourth-order valence-electron chi connectivity index (χ4n) is 3.57. The summed E-state index contributed by atoms with van der Waals surface area (Å²) >= 11 is 0. The average molecular weight is 309 g/mol. The lowest BCUT2D eigenvalue weighted by Crippen LogP contribution is -2.49. The molecule has 1 N–H and O–H groups in total. The second kappa shape index (κ2) is 8.09. The summed E-state index contributed by atoms with van der Waals surface area (Å²) in [7, 11) is 2.14. The molecule has 0 radical (unpaired) electrons. The summed E-state index contributed by atoms with van der Waals surface area (Å²) in [6, 6.07) is 0. The smallest absolute Gasteiger partial charge is 0.223 e. The first-order valence-corrected chi connectivity index (χ1v) is 8.49. The van der Waals surface area contributed by atoms with Gasteiger partial charge in [0.25, 0.3) is 0 Å². The molecule has 0 aliphatic carbocycles. The van der Waals surface area contributed by atoms with Crippen LogP contribution in [0.3, 0.4) is 0 Å². The van der Waals surface area contributed by atoms with Crippen LogP contribution in [0.5, 0.6) is 0 Å². The van der Waals surface area contributed by atoms with E-state index in [1.54, 1.807) is 0 Å². The molecule has 2 saturated heterocycles. The first kappa shape index (κ1) is 17.4. The third-order valence-electron chi connectivity index (χ3n) is 5.16. The predicted octanol–water partition coefficient (Wildman–Crippen LogP) is 0.801. The third-order valence-corrected chi connectivity index (χ3v) is 5.16. The molecule has 0 unspecified atom stereocenters. The standard InChI is InChI=1S/C17H31N3O2/c1-3-6-17(15-21)7-4-8-20(14-17)16(22)5-9-19-12-10-18(2)11-13-19/h3,21H,1,4-15H2,2H3/t17-/m1/s1. The topological polar surface area (TPSA) is 47.0 Å². The van der Waals surface area contributed by atoms with Gasteiger partial charge < -0.3 is 19.8 Å². The van der Waals surface area contributed by atoms with Crippen molar-refractivity contribution in [3.63, 3.8) is 0 Å². The highest BCUT2D eigenvalue weighted by Crippen LogP contribution is 2.33. The Hall–Kier alpha value is -0.910. The molecule has 0 spiro atoms. The molecule has 1 atom stereocenters. The van der Waals surface area contributed by atoms with E-state index in [2.05, 4.69) is 23.4 Å². The van der Waals surface area contributed by atoms with E-state index in [4.69, 9.17) is 0 Å². The Bertz CT molecular complexity index is 380. The van der Waals surface area contributed by atoms with E-state index in [1.165, 1.54) is 0 Å². The molecule has 0 bridgehead atoms. The Balaban J connectivity index is 1.80. The van der Waals surface area contributed by atoms with Crippen LogP contribution in [0, 0.1) is 5.41 Å². The minimum atomic E-state index is -0.163. The molecule has 1 amide bonds. The van der Waals surface area contributed by atoms with Crippen molar-refractivity contribution in [1.82, 2.24) is 14.7 Å². The van der Waals surface area contributed by atoms with Gasteiger partial charge in [0.05, 0.1) is 6.61 Å². The van der Waals surface area contributed by atoms with E-state index in [0.717, 1.165) is 58.5 Å². The lowest BCUT2D eigenvalue weighted by molar-refractivity contribution is -0.136. The zero-order valence-corrected chi connectivity index (χ0v) is 14.0. The first-order valence-electron chi connectivity index (χ1n) is 8.49. The van der Waals surface area contributed by atoms with Gasteiger partial charge >= 0.3 is 0 Å². The van der Waals surface area contributed by atoms with Crippen LogP contribution in [0.15, 0.2) is 12.7 Å². The van der Waals surface area contributed by atoms with E-state index >= 15 is 0 Å². The summed E-state index contributed by atoms with van der Waals surface area (Å²) in [4.78, 5) is 19.2. The van der Waals surface area contributed by atoms with Crippen molar-refractivity contribution in [3.05, 3.63) is 12.7 Å². The summed E-state index contributed by atoms with van der Waals surface area (Å²) in [5, 5.41) is 9.73. The zero-order valence-electron chi connectivity index (χ0n) is 14.0. The van der Waals surface area contributed by atoms with E-state index in [1.807, 2.05) is 11.0 Å². The number of aliphatic hydroxyl groups excluding tert-OH is 1. The number of allylic oxidation sites excluding steroid dienone is 1. The van der Waals surface area contributed by atoms with Crippen LogP contribution < -0.4 is 0 Å². The molecule has 5 heteroatoms. The normalized spacial score (nSPS) is 27.8. The predicted molar refractivity (Wildman–Crippen MR) is 88.7 cm³/mol. The number of aliphatic hydroxyl groups is 1. The Kier molecular flexibility index (Phi) is 6.41. The summed E-state index contributed by atoms with van der Waals surface area (Å²) < 4.78 is 0. The monoisotopic (exact) mass is 309 g/mol. The molecule has 22 heavy (non-hydrogen) atoms. The number of carbonyl (C=O) groups is 1. The van der Waals surface area contributed by atoms with E-state index in [0.29, 0.717) is 13.0 Å². The summed E-state index contributed by atoms with van der Waals surface area (Å²) in [6.45, 7) is 10.6. The van der Waals surface area contributed by atoms with Crippen LogP contribution in [-0.4, -0.2) is 85.2 Å². The zero-order chi connectivity index (χ0) is 16.0. The van der Waals surface area contributed by atoms with Crippen LogP contribution in [0.1, 0.15) is 25.7 Å². The summed E-state index contributed by atoms with van der Waals surface area (Å²) in [5.41, 5.74) is -0.163. The molecular formula is C17H31N3O2. The van der Waals surface area contributed by atoms with Crippen molar-refractivity contribution in [2.24, 2.45) is 5.41 Å². The number of hydrogen-bond donors (Lipinski definition) is 1. The van der Waals surface area contributed by atoms with Crippen LogP contribution in [0.25, 0.3) is 0 Å². The fraction of sp³-hybridized carbons (Fsp3) is 0.824. The van der Waals surface area contributed by atoms with Gasteiger partial charge in [0, 0.05) is 57.6 Å². The minimum Gasteiger partial charge on any atom is -0.396 e. The van der Waals surface area contributed by atoms with Crippen LogP contribution in [0.2, 0.25) is 0 Å². The number of piperazine rings is 1. The van der Waals surface area contributed by atoms with Crippen molar-refractivity contribution in [2.75, 3.05) is 59.5 Å². The third kappa shape index (κ3) is 4.54. The quantitative estimate of drug-likeness (QED) is 0.737. The van der Waals surface area contributed by atoms with Gasteiger partial charge in [0.1, 0.15) is 0 Å². The molecule has 2 heterocycles. The van der Waals surface area contributed by atoms with Gasteiger partial charge in [-0.25, -0.2) is 0 Å². The van der Waals surface area contributed by atoms with Crippen LogP contribution >= 0.6 is 0 Å². The number of likely N-dealkylation sites (tertiary alicyclic amines) is 1. The highest BCUT2D eigenvalue weighted by molar-refractivity contribution is 5.76. The van der Waals surface area contributed by atoms with Gasteiger partial charge in [-0.05, 0) is 26.3 Å². The number of piperidine rings is 1. The first-order chi connectivity index (χ1) is 10.6. The summed E-state index contributed by atoms with van der Waals surface area (Å²) in [6.07, 6.45) is 5.21. The van der Waals surface area contributed by atoms with Gasteiger partial charge in [0.15, 0.2) is 0 Å². The molecule has 0 saturated carbocycles.